The van der Waals surface area contributed by atoms with Gasteiger partial charge in [-0.15, -0.1) is 0 Å². The van der Waals surface area contributed by atoms with Crippen LogP contribution in [-0.2, 0) is 9.63 Å². The van der Waals surface area contributed by atoms with Crippen LogP contribution in [0.5, 0.6) is 5.75 Å². The highest BCUT2D eigenvalue weighted by Gasteiger charge is 2.38. The van der Waals surface area contributed by atoms with Crippen molar-refractivity contribution in [1.82, 2.24) is 5.06 Å². The second kappa shape index (κ2) is 6.49. The van der Waals surface area contributed by atoms with E-state index in [-0.39, 0.29) is 24.2 Å². The highest BCUT2D eigenvalue weighted by atomic mass is 19.1. The maximum absolute atomic E-state index is 12.8. The molecule has 1 heterocycles. The van der Waals surface area contributed by atoms with Gasteiger partial charge in [-0.25, -0.2) is 9.18 Å². The lowest BCUT2D eigenvalue weighted by Gasteiger charge is -2.12. The number of fused-ring (bicyclic) bond motifs is 1. The van der Waals surface area contributed by atoms with Gasteiger partial charge in [-0.1, -0.05) is 17.2 Å². The normalized spacial score (nSPS) is 13.0. The zero-order valence-corrected chi connectivity index (χ0v) is 12.4. The third kappa shape index (κ3) is 3.10. The highest BCUT2D eigenvalue weighted by Crippen LogP contribution is 2.22. The van der Waals surface area contributed by atoms with Crippen LogP contribution in [-0.4, -0.2) is 29.5 Å². The molecule has 1 aliphatic heterocycles. The van der Waals surface area contributed by atoms with Crippen molar-refractivity contribution in [2.75, 3.05) is 6.61 Å². The minimum Gasteiger partial charge on any atom is -0.493 e. The smallest absolute Gasteiger partial charge is 0.336 e. The van der Waals surface area contributed by atoms with E-state index < -0.39 is 23.6 Å². The van der Waals surface area contributed by atoms with Crippen molar-refractivity contribution in [3.05, 3.63) is 65.5 Å². The molecule has 24 heavy (non-hydrogen) atoms. The van der Waals surface area contributed by atoms with Crippen LogP contribution >= 0.6 is 0 Å². The lowest BCUT2D eigenvalue weighted by atomic mass is 10.1. The number of hydrogen-bond acceptors (Lipinski definition) is 5. The van der Waals surface area contributed by atoms with Gasteiger partial charge >= 0.3 is 5.97 Å². The summed E-state index contributed by atoms with van der Waals surface area (Å²) < 4.78 is 18.0. The SMILES string of the molecule is O=C(CCOc1ccc(F)cc1)ON1C(=O)c2ccccc2C1=O. The minimum atomic E-state index is -0.786. The average molecular weight is 329 g/mol. The molecule has 2 aromatic carbocycles. The van der Waals surface area contributed by atoms with Gasteiger partial charge in [-0.3, -0.25) is 9.59 Å². The first-order chi connectivity index (χ1) is 11.6. The molecule has 1 aliphatic rings. The van der Waals surface area contributed by atoms with Gasteiger partial charge in [0, 0.05) is 0 Å². The van der Waals surface area contributed by atoms with Crippen molar-refractivity contribution < 1.29 is 28.3 Å². The predicted molar refractivity (Wildman–Crippen MR) is 79.5 cm³/mol. The summed E-state index contributed by atoms with van der Waals surface area (Å²) in [6.07, 6.45) is -0.176. The Morgan fingerprint density at radius 1 is 0.958 bits per heavy atom. The fourth-order valence-corrected chi connectivity index (χ4v) is 2.18. The molecule has 0 N–H and O–H groups in total. The Kier molecular flexibility index (Phi) is 4.24. The molecular formula is C17H12FNO5. The van der Waals surface area contributed by atoms with E-state index in [1.165, 1.54) is 36.4 Å². The molecule has 7 heteroatoms. The topological polar surface area (TPSA) is 72.9 Å². The van der Waals surface area contributed by atoms with E-state index in [0.29, 0.717) is 10.8 Å². The summed E-state index contributed by atoms with van der Waals surface area (Å²) in [6, 6.07) is 11.5. The number of ether oxygens (including phenoxy) is 1. The van der Waals surface area contributed by atoms with E-state index in [2.05, 4.69) is 0 Å². The summed E-state index contributed by atoms with van der Waals surface area (Å²) in [4.78, 5) is 40.7. The van der Waals surface area contributed by atoms with Crippen molar-refractivity contribution in [3.63, 3.8) is 0 Å². The van der Waals surface area contributed by atoms with Crippen LogP contribution in [0.15, 0.2) is 48.5 Å². The van der Waals surface area contributed by atoms with Crippen molar-refractivity contribution in [2.45, 2.75) is 6.42 Å². The Morgan fingerprint density at radius 3 is 2.12 bits per heavy atom. The summed E-state index contributed by atoms with van der Waals surface area (Å²) >= 11 is 0. The van der Waals surface area contributed by atoms with Crippen LogP contribution in [0, 0.1) is 5.82 Å². The Hall–Kier alpha value is -3.22. The summed E-state index contributed by atoms with van der Waals surface area (Å²) in [5, 5.41) is 0.449. The van der Waals surface area contributed by atoms with Crippen LogP contribution in [0.3, 0.4) is 0 Å². The molecule has 6 nitrogen and oxygen atoms in total. The molecular weight excluding hydrogens is 317 g/mol. The number of hydrogen-bond donors (Lipinski definition) is 0. The lowest BCUT2D eigenvalue weighted by Crippen LogP contribution is -2.33. The lowest BCUT2D eigenvalue weighted by molar-refractivity contribution is -0.169. The molecule has 122 valence electrons. The molecule has 0 fully saturated rings. The van der Waals surface area contributed by atoms with Crippen molar-refractivity contribution >= 4 is 17.8 Å². The Balaban J connectivity index is 1.53. The van der Waals surface area contributed by atoms with E-state index in [9.17, 15) is 18.8 Å². The number of amides is 2. The van der Waals surface area contributed by atoms with Crippen LogP contribution in [0.25, 0.3) is 0 Å². The number of rotatable bonds is 5. The number of halogens is 1. The highest BCUT2D eigenvalue weighted by molar-refractivity contribution is 6.20. The second-order valence-corrected chi connectivity index (χ2v) is 4.97. The third-order valence-electron chi connectivity index (χ3n) is 3.34. The fourth-order valence-electron chi connectivity index (χ4n) is 2.18. The summed E-state index contributed by atoms with van der Waals surface area (Å²) in [5.41, 5.74) is 0.385. The summed E-state index contributed by atoms with van der Waals surface area (Å²) in [7, 11) is 0. The Morgan fingerprint density at radius 2 is 1.54 bits per heavy atom. The average Bonchev–Trinajstić information content (AvgIpc) is 2.82. The maximum atomic E-state index is 12.8. The largest absolute Gasteiger partial charge is 0.493 e. The predicted octanol–water partition coefficient (Wildman–Crippen LogP) is 2.35. The van der Waals surface area contributed by atoms with Gasteiger partial charge in [0.1, 0.15) is 11.6 Å². The number of carbonyl (C=O) groups excluding carboxylic acids is 3. The molecule has 0 aromatic heterocycles. The molecule has 2 aromatic rings. The second-order valence-electron chi connectivity index (χ2n) is 4.97. The van der Waals surface area contributed by atoms with E-state index in [1.807, 2.05) is 0 Å². The first kappa shape index (κ1) is 15.7. The minimum absolute atomic E-state index is 0.0341. The van der Waals surface area contributed by atoms with Gasteiger partial charge in [0.25, 0.3) is 11.8 Å². The number of imide groups is 1. The van der Waals surface area contributed by atoms with Crippen molar-refractivity contribution in [3.8, 4) is 5.75 Å². The maximum Gasteiger partial charge on any atom is 0.336 e. The first-order valence-corrected chi connectivity index (χ1v) is 7.13. The molecule has 0 radical (unpaired) electrons. The van der Waals surface area contributed by atoms with Crippen LogP contribution in [0.2, 0.25) is 0 Å². The van der Waals surface area contributed by atoms with Crippen molar-refractivity contribution in [2.24, 2.45) is 0 Å². The first-order valence-electron chi connectivity index (χ1n) is 7.13. The molecule has 0 aliphatic carbocycles. The molecule has 0 bridgehead atoms. The van der Waals surface area contributed by atoms with Gasteiger partial charge in [0.05, 0.1) is 24.2 Å². The van der Waals surface area contributed by atoms with E-state index in [1.54, 1.807) is 12.1 Å². The summed E-state index contributed by atoms with van der Waals surface area (Å²) in [5.74, 6) is -2.14. The zero-order valence-electron chi connectivity index (χ0n) is 12.4. The monoisotopic (exact) mass is 329 g/mol. The number of hydroxylamine groups is 2. The van der Waals surface area contributed by atoms with Gasteiger partial charge in [-0.2, -0.15) is 0 Å². The molecule has 2 amide bonds. The molecule has 3 rings (SSSR count). The Bertz CT molecular complexity index is 768. The number of benzene rings is 2. The van der Waals surface area contributed by atoms with Crippen molar-refractivity contribution in [1.29, 1.82) is 0 Å². The van der Waals surface area contributed by atoms with Gasteiger partial charge in [-0.05, 0) is 36.4 Å². The third-order valence-corrected chi connectivity index (χ3v) is 3.34. The zero-order chi connectivity index (χ0) is 17.1. The van der Waals surface area contributed by atoms with Gasteiger partial charge in [0.2, 0.25) is 0 Å². The van der Waals surface area contributed by atoms with E-state index in [4.69, 9.17) is 9.57 Å². The summed E-state index contributed by atoms with van der Waals surface area (Å²) in [6.45, 7) is -0.0341. The van der Waals surface area contributed by atoms with Crippen LogP contribution < -0.4 is 4.74 Å². The Labute approximate surface area is 136 Å². The molecule has 0 saturated carbocycles. The standard InChI is InChI=1S/C17H12FNO5/c18-11-5-7-12(8-6-11)23-10-9-15(20)24-19-16(21)13-3-1-2-4-14(13)17(19)22/h1-8H,9-10H2. The van der Waals surface area contributed by atoms with Crippen LogP contribution in [0.4, 0.5) is 4.39 Å². The van der Waals surface area contributed by atoms with Gasteiger partial charge in [0.15, 0.2) is 0 Å². The number of nitrogens with zero attached hydrogens (tertiary/aromatic N) is 1. The molecule has 0 unspecified atom stereocenters. The quantitative estimate of drug-likeness (QED) is 0.787. The van der Waals surface area contributed by atoms with Crippen LogP contribution in [0.1, 0.15) is 27.1 Å². The molecule has 0 saturated heterocycles. The van der Waals surface area contributed by atoms with E-state index >= 15 is 0 Å². The molecule has 0 spiro atoms. The number of carbonyl (C=O) groups is 3. The van der Waals surface area contributed by atoms with Gasteiger partial charge < -0.3 is 9.57 Å². The van der Waals surface area contributed by atoms with E-state index in [0.717, 1.165) is 0 Å². The molecule has 0 atom stereocenters. The fraction of sp³-hybridized carbons (Fsp3) is 0.118.